The summed E-state index contributed by atoms with van der Waals surface area (Å²) in [6.45, 7) is 0.687. The number of phenols is 1. The van der Waals surface area contributed by atoms with Crippen LogP contribution in [0.25, 0.3) is 0 Å². The van der Waals surface area contributed by atoms with Crippen molar-refractivity contribution in [3.05, 3.63) is 48.0 Å². The molecule has 1 aliphatic rings. The summed E-state index contributed by atoms with van der Waals surface area (Å²) in [4.78, 5) is 0. The Morgan fingerprint density at radius 1 is 1.06 bits per heavy atom. The van der Waals surface area contributed by atoms with Gasteiger partial charge in [-0.15, -0.1) is 0 Å². The molecule has 0 aliphatic carbocycles. The van der Waals surface area contributed by atoms with E-state index in [9.17, 15) is 5.11 Å². The molecule has 0 aromatic heterocycles. The molecule has 0 radical (unpaired) electrons. The Balaban J connectivity index is 1.70. The lowest BCUT2D eigenvalue weighted by molar-refractivity contribution is 0.174. The van der Waals surface area contributed by atoms with Crippen LogP contribution in [0.15, 0.2) is 42.5 Å². The van der Waals surface area contributed by atoms with E-state index in [1.807, 2.05) is 18.2 Å². The highest BCUT2D eigenvalue weighted by atomic mass is 16.7. The van der Waals surface area contributed by atoms with Gasteiger partial charge < -0.3 is 19.3 Å². The molecule has 0 atom stereocenters. The van der Waals surface area contributed by atoms with Gasteiger partial charge in [0.1, 0.15) is 18.1 Å². The zero-order valence-electron chi connectivity index (χ0n) is 9.63. The molecule has 4 nitrogen and oxygen atoms in total. The van der Waals surface area contributed by atoms with Crippen LogP contribution in [0.4, 0.5) is 0 Å². The number of ether oxygens (including phenoxy) is 3. The van der Waals surface area contributed by atoms with Gasteiger partial charge in [-0.05, 0) is 29.8 Å². The number of fused-ring (bicyclic) bond motifs is 1. The third-order valence-corrected chi connectivity index (χ3v) is 2.66. The summed E-state index contributed by atoms with van der Waals surface area (Å²) in [5, 5.41) is 9.32. The van der Waals surface area contributed by atoms with Gasteiger partial charge in [-0.25, -0.2) is 0 Å². The molecule has 18 heavy (non-hydrogen) atoms. The van der Waals surface area contributed by atoms with Crippen molar-refractivity contribution in [3.8, 4) is 23.0 Å². The first-order chi connectivity index (χ1) is 8.81. The Kier molecular flexibility index (Phi) is 2.68. The maximum absolute atomic E-state index is 9.32. The van der Waals surface area contributed by atoms with Crippen LogP contribution in [-0.2, 0) is 6.61 Å². The number of hydrogen-bond donors (Lipinski definition) is 1. The number of hydrogen-bond acceptors (Lipinski definition) is 4. The molecule has 1 aliphatic heterocycles. The molecule has 0 saturated heterocycles. The first-order valence-electron chi connectivity index (χ1n) is 5.61. The molecule has 0 spiro atoms. The smallest absolute Gasteiger partial charge is 0.231 e. The monoisotopic (exact) mass is 244 g/mol. The Labute approximate surface area is 104 Å². The maximum atomic E-state index is 9.32. The Hall–Kier alpha value is -2.36. The number of phenolic OH excluding ortho intramolecular Hbond substituents is 1. The van der Waals surface area contributed by atoms with Gasteiger partial charge in [0.2, 0.25) is 6.79 Å². The molecular weight excluding hydrogens is 232 g/mol. The lowest BCUT2D eigenvalue weighted by Crippen LogP contribution is -1.95. The average molecular weight is 244 g/mol. The van der Waals surface area contributed by atoms with Crippen molar-refractivity contribution in [1.82, 2.24) is 0 Å². The van der Waals surface area contributed by atoms with Crippen LogP contribution in [0.3, 0.4) is 0 Å². The Morgan fingerprint density at radius 3 is 2.83 bits per heavy atom. The highest BCUT2D eigenvalue weighted by Crippen LogP contribution is 2.32. The zero-order valence-corrected chi connectivity index (χ0v) is 9.63. The fourth-order valence-corrected chi connectivity index (χ4v) is 1.77. The van der Waals surface area contributed by atoms with E-state index >= 15 is 0 Å². The van der Waals surface area contributed by atoms with E-state index in [-0.39, 0.29) is 12.5 Å². The molecule has 1 N–H and O–H groups in total. The van der Waals surface area contributed by atoms with Gasteiger partial charge in [0.15, 0.2) is 11.5 Å². The minimum atomic E-state index is 0.193. The first-order valence-corrected chi connectivity index (χ1v) is 5.61. The van der Waals surface area contributed by atoms with Crippen LogP contribution in [0.2, 0.25) is 0 Å². The summed E-state index contributed by atoms with van der Waals surface area (Å²) in [6, 6.07) is 12.4. The van der Waals surface area contributed by atoms with Gasteiger partial charge in [0.25, 0.3) is 0 Å². The third kappa shape index (κ3) is 2.18. The lowest BCUT2D eigenvalue weighted by atomic mass is 10.2. The van der Waals surface area contributed by atoms with E-state index in [1.165, 1.54) is 0 Å². The predicted molar refractivity (Wildman–Crippen MR) is 65.0 cm³/mol. The summed E-state index contributed by atoms with van der Waals surface area (Å²) in [5.74, 6) is 2.33. The molecule has 0 saturated carbocycles. The van der Waals surface area contributed by atoms with E-state index in [2.05, 4.69) is 0 Å². The SMILES string of the molecule is Oc1cccc(OCc2ccc3c(c2)OCO3)c1. The zero-order chi connectivity index (χ0) is 12.4. The minimum Gasteiger partial charge on any atom is -0.508 e. The van der Waals surface area contributed by atoms with Gasteiger partial charge in [-0.3, -0.25) is 0 Å². The van der Waals surface area contributed by atoms with Gasteiger partial charge in [0, 0.05) is 6.07 Å². The molecule has 1 heterocycles. The van der Waals surface area contributed by atoms with Crippen molar-refractivity contribution in [2.24, 2.45) is 0 Å². The third-order valence-electron chi connectivity index (χ3n) is 2.66. The molecule has 0 unspecified atom stereocenters. The van der Waals surface area contributed by atoms with Gasteiger partial charge in [0.05, 0.1) is 0 Å². The van der Waals surface area contributed by atoms with Gasteiger partial charge in [-0.2, -0.15) is 0 Å². The van der Waals surface area contributed by atoms with Crippen molar-refractivity contribution in [2.45, 2.75) is 6.61 Å². The molecule has 92 valence electrons. The van der Waals surface area contributed by atoms with Crippen LogP contribution in [-0.4, -0.2) is 11.9 Å². The molecule has 4 heteroatoms. The Bertz CT molecular complexity index is 565. The quantitative estimate of drug-likeness (QED) is 0.901. The molecular formula is C14H12O4. The normalized spacial score (nSPS) is 12.4. The standard InChI is InChI=1S/C14H12O4/c15-11-2-1-3-12(7-11)16-8-10-4-5-13-14(6-10)18-9-17-13/h1-7,15H,8-9H2. The summed E-state index contributed by atoms with van der Waals surface area (Å²) in [7, 11) is 0. The second-order valence-corrected chi connectivity index (χ2v) is 3.97. The van der Waals surface area contributed by atoms with E-state index < -0.39 is 0 Å². The highest BCUT2D eigenvalue weighted by molar-refractivity contribution is 5.44. The summed E-state index contributed by atoms with van der Waals surface area (Å²) in [5.41, 5.74) is 0.989. The number of rotatable bonds is 3. The lowest BCUT2D eigenvalue weighted by Gasteiger charge is -2.07. The van der Waals surface area contributed by atoms with Gasteiger partial charge in [-0.1, -0.05) is 12.1 Å². The summed E-state index contributed by atoms with van der Waals surface area (Å²) in [6.07, 6.45) is 0. The fraction of sp³-hybridized carbons (Fsp3) is 0.143. The minimum absolute atomic E-state index is 0.193. The topological polar surface area (TPSA) is 47.9 Å². The van der Waals surface area contributed by atoms with Gasteiger partial charge >= 0.3 is 0 Å². The largest absolute Gasteiger partial charge is 0.508 e. The summed E-state index contributed by atoms with van der Waals surface area (Å²) < 4.78 is 16.1. The fourth-order valence-electron chi connectivity index (χ4n) is 1.77. The van der Waals surface area contributed by atoms with Crippen LogP contribution in [0.5, 0.6) is 23.0 Å². The number of benzene rings is 2. The van der Waals surface area contributed by atoms with Crippen LogP contribution in [0, 0.1) is 0 Å². The van der Waals surface area contributed by atoms with E-state index in [4.69, 9.17) is 14.2 Å². The summed E-state index contributed by atoms with van der Waals surface area (Å²) >= 11 is 0. The van der Waals surface area contributed by atoms with Crippen molar-refractivity contribution in [3.63, 3.8) is 0 Å². The van der Waals surface area contributed by atoms with Crippen LogP contribution >= 0.6 is 0 Å². The molecule has 3 rings (SSSR count). The number of aromatic hydroxyl groups is 1. The van der Waals surface area contributed by atoms with E-state index in [0.29, 0.717) is 12.4 Å². The molecule has 2 aromatic carbocycles. The molecule has 0 bridgehead atoms. The van der Waals surface area contributed by atoms with E-state index in [1.54, 1.807) is 24.3 Å². The first kappa shape index (κ1) is 10.8. The van der Waals surface area contributed by atoms with E-state index in [0.717, 1.165) is 17.1 Å². The maximum Gasteiger partial charge on any atom is 0.231 e. The van der Waals surface area contributed by atoms with Crippen molar-refractivity contribution in [1.29, 1.82) is 0 Å². The second-order valence-electron chi connectivity index (χ2n) is 3.97. The highest BCUT2D eigenvalue weighted by Gasteiger charge is 2.13. The van der Waals surface area contributed by atoms with Crippen LogP contribution < -0.4 is 14.2 Å². The molecule has 0 amide bonds. The average Bonchev–Trinajstić information content (AvgIpc) is 2.84. The van der Waals surface area contributed by atoms with Crippen molar-refractivity contribution >= 4 is 0 Å². The van der Waals surface area contributed by atoms with Crippen molar-refractivity contribution in [2.75, 3.05) is 6.79 Å². The molecule has 0 fully saturated rings. The Morgan fingerprint density at radius 2 is 1.94 bits per heavy atom. The predicted octanol–water partition coefficient (Wildman–Crippen LogP) is 2.70. The second kappa shape index (κ2) is 4.49. The van der Waals surface area contributed by atoms with Crippen LogP contribution in [0.1, 0.15) is 5.56 Å². The molecule has 2 aromatic rings. The van der Waals surface area contributed by atoms with Crippen molar-refractivity contribution < 1.29 is 19.3 Å².